The van der Waals surface area contributed by atoms with Crippen LogP contribution >= 0.6 is 0 Å². The average Bonchev–Trinajstić information content (AvgIpc) is 2.91. The summed E-state index contributed by atoms with van der Waals surface area (Å²) in [5, 5.41) is 0. The van der Waals surface area contributed by atoms with Gasteiger partial charge in [-0.15, -0.1) is 0 Å². The number of likely N-dealkylation sites (tertiary alicyclic amines) is 1. The number of ether oxygens (including phenoxy) is 1. The largest absolute Gasteiger partial charge is 0.457 e. The van der Waals surface area contributed by atoms with Crippen molar-refractivity contribution in [1.82, 2.24) is 14.9 Å². The molecule has 1 atom stereocenters. The van der Waals surface area contributed by atoms with Crippen molar-refractivity contribution >= 4 is 29.0 Å². The molecule has 196 valence electrons. The summed E-state index contributed by atoms with van der Waals surface area (Å²) in [5.74, 6) is 7.09. The second-order valence-corrected chi connectivity index (χ2v) is 9.50. The molecule has 1 fully saturated rings. The number of amides is 2. The first-order chi connectivity index (χ1) is 18.4. The first kappa shape index (κ1) is 26.7. The van der Waals surface area contributed by atoms with Crippen LogP contribution in [0.1, 0.15) is 51.6 Å². The van der Waals surface area contributed by atoms with Crippen LogP contribution in [0.15, 0.2) is 60.9 Å². The molecule has 2 N–H and O–H groups in total. The Bertz CT molecular complexity index is 1320. The number of nitrogen functional groups attached to an aromatic ring is 1. The maximum Gasteiger partial charge on any atom is 0.298 e. The maximum atomic E-state index is 12.9. The van der Waals surface area contributed by atoms with E-state index in [0.717, 1.165) is 30.7 Å². The summed E-state index contributed by atoms with van der Waals surface area (Å²) in [7, 11) is 0. The third kappa shape index (κ3) is 6.30. The van der Waals surface area contributed by atoms with Crippen LogP contribution in [0.4, 0.5) is 17.2 Å². The minimum absolute atomic E-state index is 0.0283. The number of anilines is 3. The zero-order valence-electron chi connectivity index (χ0n) is 22.1. The van der Waals surface area contributed by atoms with Crippen LogP contribution < -0.4 is 15.4 Å². The van der Waals surface area contributed by atoms with E-state index in [1.54, 1.807) is 11.8 Å². The van der Waals surface area contributed by atoms with Gasteiger partial charge in [0.25, 0.3) is 5.91 Å². The molecule has 0 bridgehead atoms. The van der Waals surface area contributed by atoms with Gasteiger partial charge in [-0.3, -0.25) is 14.5 Å². The number of benzene rings is 2. The monoisotopic (exact) mass is 511 g/mol. The van der Waals surface area contributed by atoms with Crippen LogP contribution in [-0.2, 0) is 9.59 Å². The van der Waals surface area contributed by atoms with Crippen molar-refractivity contribution in [1.29, 1.82) is 0 Å². The SMILES string of the molecule is CC#CC(=O)N1CCC(C[C@H](C)c2ncnc(N)c2N(C(C)=O)c2ccc(Oc3ccccc3)cc2)CC1. The normalized spacial score (nSPS) is 14.2. The minimum atomic E-state index is -0.194. The molecule has 0 aliphatic carbocycles. The van der Waals surface area contributed by atoms with E-state index >= 15 is 0 Å². The molecule has 0 unspecified atom stereocenters. The van der Waals surface area contributed by atoms with Gasteiger partial charge >= 0.3 is 0 Å². The summed E-state index contributed by atoms with van der Waals surface area (Å²) in [4.78, 5) is 37.2. The van der Waals surface area contributed by atoms with E-state index in [0.29, 0.717) is 36.1 Å². The lowest BCUT2D eigenvalue weighted by molar-refractivity contribution is -0.126. The van der Waals surface area contributed by atoms with Gasteiger partial charge in [0.1, 0.15) is 23.5 Å². The lowest BCUT2D eigenvalue weighted by Crippen LogP contribution is -2.38. The second kappa shape index (κ2) is 12.2. The molecule has 1 aromatic heterocycles. The van der Waals surface area contributed by atoms with E-state index < -0.39 is 0 Å². The topological polar surface area (TPSA) is 102 Å². The molecule has 1 aliphatic heterocycles. The minimum Gasteiger partial charge on any atom is -0.457 e. The molecule has 8 heteroatoms. The van der Waals surface area contributed by atoms with Gasteiger partial charge in [-0.05, 0) is 74.4 Å². The number of hydrogen-bond donors (Lipinski definition) is 1. The van der Waals surface area contributed by atoms with Crippen LogP contribution in [0.2, 0.25) is 0 Å². The molecule has 0 radical (unpaired) electrons. The second-order valence-electron chi connectivity index (χ2n) is 9.50. The van der Waals surface area contributed by atoms with E-state index in [1.807, 2.05) is 59.5 Å². The van der Waals surface area contributed by atoms with Crippen LogP contribution in [-0.4, -0.2) is 39.8 Å². The fraction of sp³-hybridized carbons (Fsp3) is 0.333. The number of hydrogen-bond acceptors (Lipinski definition) is 6. The predicted molar refractivity (Wildman–Crippen MR) is 148 cm³/mol. The predicted octanol–water partition coefficient (Wildman–Crippen LogP) is 5.29. The number of para-hydroxylation sites is 1. The summed E-state index contributed by atoms with van der Waals surface area (Å²) >= 11 is 0. The molecule has 2 amide bonds. The van der Waals surface area contributed by atoms with Crippen LogP contribution in [0.25, 0.3) is 0 Å². The molecule has 0 saturated carbocycles. The average molecular weight is 512 g/mol. The number of carbonyl (C=O) groups excluding carboxylic acids is 2. The highest BCUT2D eigenvalue weighted by molar-refractivity contribution is 6.02. The smallest absolute Gasteiger partial charge is 0.298 e. The number of nitrogens with zero attached hydrogens (tertiary/aromatic N) is 4. The molecule has 1 aliphatic rings. The van der Waals surface area contributed by atoms with Gasteiger partial charge in [0.15, 0.2) is 5.82 Å². The van der Waals surface area contributed by atoms with E-state index in [9.17, 15) is 9.59 Å². The lowest BCUT2D eigenvalue weighted by atomic mass is 9.86. The molecule has 3 aromatic rings. The Labute approximate surface area is 223 Å². The number of aromatic nitrogens is 2. The fourth-order valence-electron chi connectivity index (χ4n) is 4.92. The third-order valence-corrected chi connectivity index (χ3v) is 6.78. The molecular weight excluding hydrogens is 478 g/mol. The number of rotatable bonds is 7. The molecule has 38 heavy (non-hydrogen) atoms. The van der Waals surface area contributed by atoms with Gasteiger partial charge in [0.2, 0.25) is 5.91 Å². The molecule has 0 spiro atoms. The number of carbonyl (C=O) groups is 2. The van der Waals surface area contributed by atoms with Crippen molar-refractivity contribution in [3.63, 3.8) is 0 Å². The van der Waals surface area contributed by atoms with Gasteiger partial charge in [-0.2, -0.15) is 0 Å². The summed E-state index contributed by atoms with van der Waals surface area (Å²) in [5.41, 5.74) is 8.24. The Kier molecular flexibility index (Phi) is 8.59. The Morgan fingerprint density at radius 1 is 1.08 bits per heavy atom. The standard InChI is InChI=1S/C30H33N5O3/c1-4-8-27(37)34-17-15-23(16-18-34)19-21(2)28-29(30(31)33-20-32-28)35(22(3)36)24-11-13-26(14-12-24)38-25-9-6-5-7-10-25/h5-7,9-14,20-21,23H,15-19H2,1-3H3,(H2,31,32,33)/t21-/m0/s1. The third-order valence-electron chi connectivity index (χ3n) is 6.78. The van der Waals surface area contributed by atoms with Crippen molar-refractivity contribution in [2.45, 2.75) is 46.0 Å². The van der Waals surface area contributed by atoms with Gasteiger partial charge in [-0.25, -0.2) is 9.97 Å². The van der Waals surface area contributed by atoms with Crippen LogP contribution in [0.3, 0.4) is 0 Å². The Hall–Kier alpha value is -4.38. The molecule has 8 nitrogen and oxygen atoms in total. The Morgan fingerprint density at radius 3 is 2.37 bits per heavy atom. The van der Waals surface area contributed by atoms with Crippen molar-refractivity contribution in [3.8, 4) is 23.3 Å². The van der Waals surface area contributed by atoms with Crippen molar-refractivity contribution in [2.75, 3.05) is 23.7 Å². The fourth-order valence-corrected chi connectivity index (χ4v) is 4.92. The Balaban J connectivity index is 1.53. The zero-order valence-corrected chi connectivity index (χ0v) is 22.1. The van der Waals surface area contributed by atoms with Crippen LogP contribution in [0, 0.1) is 17.8 Å². The first-order valence-corrected chi connectivity index (χ1v) is 12.8. The zero-order chi connectivity index (χ0) is 27.1. The van der Waals surface area contributed by atoms with E-state index in [-0.39, 0.29) is 23.6 Å². The van der Waals surface area contributed by atoms with Crippen molar-refractivity contribution in [2.24, 2.45) is 5.92 Å². The van der Waals surface area contributed by atoms with E-state index in [4.69, 9.17) is 10.5 Å². The van der Waals surface area contributed by atoms with Gasteiger partial charge in [0, 0.05) is 31.6 Å². The van der Waals surface area contributed by atoms with Crippen molar-refractivity contribution in [3.05, 3.63) is 66.6 Å². The molecule has 2 heterocycles. The number of nitrogens with two attached hydrogens (primary N) is 1. The molecule has 4 rings (SSSR count). The quantitative estimate of drug-likeness (QED) is 0.433. The molecular formula is C30H33N5O3. The molecule has 2 aromatic carbocycles. The highest BCUT2D eigenvalue weighted by atomic mass is 16.5. The number of piperidine rings is 1. The van der Waals surface area contributed by atoms with Gasteiger partial charge in [0.05, 0.1) is 5.69 Å². The lowest BCUT2D eigenvalue weighted by Gasteiger charge is -2.33. The van der Waals surface area contributed by atoms with Gasteiger partial charge < -0.3 is 15.4 Å². The summed E-state index contributed by atoms with van der Waals surface area (Å²) < 4.78 is 5.90. The maximum absolute atomic E-state index is 12.9. The Morgan fingerprint density at radius 2 is 1.74 bits per heavy atom. The van der Waals surface area contributed by atoms with E-state index in [2.05, 4.69) is 28.7 Å². The van der Waals surface area contributed by atoms with Gasteiger partial charge in [-0.1, -0.05) is 31.0 Å². The first-order valence-electron chi connectivity index (χ1n) is 12.8. The summed E-state index contributed by atoms with van der Waals surface area (Å²) in [6.07, 6.45) is 4.11. The summed E-state index contributed by atoms with van der Waals surface area (Å²) in [6, 6.07) is 16.8. The molecule has 1 saturated heterocycles. The highest BCUT2D eigenvalue weighted by Crippen LogP contribution is 2.39. The van der Waals surface area contributed by atoms with Crippen LogP contribution in [0.5, 0.6) is 11.5 Å². The highest BCUT2D eigenvalue weighted by Gasteiger charge is 2.28. The summed E-state index contributed by atoms with van der Waals surface area (Å²) in [6.45, 7) is 6.66. The van der Waals surface area contributed by atoms with E-state index in [1.165, 1.54) is 13.3 Å². The van der Waals surface area contributed by atoms with Crippen molar-refractivity contribution < 1.29 is 14.3 Å².